The molecule has 3 nitrogen and oxygen atoms in total. The number of hydrogen-bond donors (Lipinski definition) is 0. The van der Waals surface area contributed by atoms with Crippen molar-refractivity contribution in [2.45, 2.75) is 95.4 Å². The highest BCUT2D eigenvalue weighted by atomic mass is 35.5. The summed E-state index contributed by atoms with van der Waals surface area (Å²) in [5.41, 5.74) is 0.531. The highest BCUT2D eigenvalue weighted by Crippen LogP contribution is 2.70. The van der Waals surface area contributed by atoms with Gasteiger partial charge < -0.3 is 4.74 Å². The van der Waals surface area contributed by atoms with Crippen molar-refractivity contribution in [3.05, 3.63) is 23.8 Å². The first-order chi connectivity index (χ1) is 14.6. The van der Waals surface area contributed by atoms with E-state index in [1.807, 2.05) is 6.08 Å². The van der Waals surface area contributed by atoms with Gasteiger partial charge in [0.25, 0.3) is 0 Å². The molecule has 3 fully saturated rings. The van der Waals surface area contributed by atoms with Crippen LogP contribution in [-0.4, -0.2) is 28.1 Å². The average Bonchev–Trinajstić information content (AvgIpc) is 2.94. The second-order valence-electron chi connectivity index (χ2n) is 10.9. The summed E-state index contributed by atoms with van der Waals surface area (Å²) in [5.74, 6) is 0.841. The summed E-state index contributed by atoms with van der Waals surface area (Å²) < 4.78 is 6.14. The Labute approximate surface area is 197 Å². The molecule has 31 heavy (non-hydrogen) atoms. The Bertz CT molecular complexity index is 819. The van der Waals surface area contributed by atoms with Crippen LogP contribution in [0.15, 0.2) is 23.8 Å². The standard InChI is InChI=1S/C26H36Cl2O3/c1-5-6-7-8-22(30)31-23-16(2)13-20-19-10-9-17-14-18(29)11-12-25(17,4)26(19,28)21(27)15-24(20,23)3/h11-12,14,16,19-21,23H,5-10,13,15H2,1-4H3/t16-,19-,20-,21-,23+,24-,25-,26-/m0/s1. The minimum absolute atomic E-state index is 0.0440. The van der Waals surface area contributed by atoms with E-state index in [0.29, 0.717) is 18.3 Å². The fourth-order valence-electron chi connectivity index (χ4n) is 7.44. The Hall–Kier alpha value is -0.800. The number of ether oxygens (including phenoxy) is 1. The van der Waals surface area contributed by atoms with Gasteiger partial charge >= 0.3 is 5.97 Å². The van der Waals surface area contributed by atoms with Crippen molar-refractivity contribution in [3.8, 4) is 0 Å². The van der Waals surface area contributed by atoms with Crippen molar-refractivity contribution in [3.63, 3.8) is 0 Å². The SMILES string of the molecule is CCCCCC(=O)O[C@@H]1[C@@H](C)C[C@H]2[C@@H]3CCC4=CC(=O)C=C[C@]4(C)[C@@]3(Cl)[C@@H](Cl)C[C@]12C. The van der Waals surface area contributed by atoms with Gasteiger partial charge in [-0.2, -0.15) is 0 Å². The second-order valence-corrected chi connectivity index (χ2v) is 12.0. The van der Waals surface area contributed by atoms with E-state index in [9.17, 15) is 9.59 Å². The van der Waals surface area contributed by atoms with Crippen LogP contribution in [-0.2, 0) is 14.3 Å². The van der Waals surface area contributed by atoms with Gasteiger partial charge in [0.15, 0.2) is 5.78 Å². The third-order valence-electron chi connectivity index (χ3n) is 9.07. The van der Waals surface area contributed by atoms with Crippen molar-refractivity contribution in [1.29, 1.82) is 0 Å². The van der Waals surface area contributed by atoms with E-state index >= 15 is 0 Å². The lowest BCUT2D eigenvalue weighted by atomic mass is 9.47. The molecule has 172 valence electrons. The van der Waals surface area contributed by atoms with Crippen LogP contribution in [0, 0.1) is 28.6 Å². The molecule has 0 bridgehead atoms. The number of allylic oxidation sites excluding steroid dienone is 4. The van der Waals surface area contributed by atoms with Crippen molar-refractivity contribution in [2.75, 3.05) is 0 Å². The molecule has 0 aromatic rings. The van der Waals surface area contributed by atoms with E-state index in [-0.39, 0.29) is 34.6 Å². The molecule has 5 heteroatoms. The monoisotopic (exact) mass is 466 g/mol. The minimum Gasteiger partial charge on any atom is -0.461 e. The third kappa shape index (κ3) is 3.44. The lowest BCUT2D eigenvalue weighted by Crippen LogP contribution is -2.65. The molecule has 0 aromatic heterocycles. The molecule has 8 atom stereocenters. The van der Waals surface area contributed by atoms with Crippen LogP contribution in [0.2, 0.25) is 0 Å². The van der Waals surface area contributed by atoms with Crippen molar-refractivity contribution >= 4 is 35.0 Å². The lowest BCUT2D eigenvalue weighted by molar-refractivity contribution is -0.161. The summed E-state index contributed by atoms with van der Waals surface area (Å²) in [4.78, 5) is 24.0. The van der Waals surface area contributed by atoms with Gasteiger partial charge in [0, 0.05) is 17.3 Å². The van der Waals surface area contributed by atoms with Crippen LogP contribution in [0.1, 0.15) is 79.1 Å². The highest BCUT2D eigenvalue weighted by molar-refractivity contribution is 6.34. The van der Waals surface area contributed by atoms with Crippen molar-refractivity contribution in [2.24, 2.45) is 28.6 Å². The largest absolute Gasteiger partial charge is 0.461 e. The predicted octanol–water partition coefficient (Wildman–Crippen LogP) is 6.61. The molecule has 4 aliphatic carbocycles. The fraction of sp³-hybridized carbons (Fsp3) is 0.769. The summed E-state index contributed by atoms with van der Waals surface area (Å²) in [7, 11) is 0. The number of alkyl halides is 2. The molecule has 0 unspecified atom stereocenters. The number of fused-ring (bicyclic) bond motifs is 5. The fourth-order valence-corrected chi connectivity index (χ4v) is 8.68. The van der Waals surface area contributed by atoms with Crippen LogP contribution >= 0.6 is 23.2 Å². The van der Waals surface area contributed by atoms with Crippen LogP contribution < -0.4 is 0 Å². The molecule has 3 saturated carbocycles. The van der Waals surface area contributed by atoms with Gasteiger partial charge in [-0.15, -0.1) is 23.2 Å². The van der Waals surface area contributed by atoms with Crippen LogP contribution in [0.5, 0.6) is 0 Å². The molecule has 0 radical (unpaired) electrons. The van der Waals surface area contributed by atoms with Crippen LogP contribution in [0.25, 0.3) is 0 Å². The summed E-state index contributed by atoms with van der Waals surface area (Å²) in [6.07, 6.45) is 12.4. The first-order valence-electron chi connectivity index (χ1n) is 12.0. The summed E-state index contributed by atoms with van der Waals surface area (Å²) in [5, 5.41) is -0.265. The normalized spacial score (nSPS) is 46.1. The summed E-state index contributed by atoms with van der Waals surface area (Å²) in [6.45, 7) is 8.77. The topological polar surface area (TPSA) is 43.4 Å². The average molecular weight is 467 g/mol. The smallest absolute Gasteiger partial charge is 0.306 e. The maximum atomic E-state index is 12.6. The number of hydrogen-bond acceptors (Lipinski definition) is 3. The number of rotatable bonds is 5. The molecule has 4 rings (SSSR count). The van der Waals surface area contributed by atoms with Gasteiger partial charge in [-0.3, -0.25) is 9.59 Å². The zero-order chi connectivity index (χ0) is 22.6. The quantitative estimate of drug-likeness (QED) is 0.260. The van der Waals surface area contributed by atoms with E-state index in [1.54, 1.807) is 12.2 Å². The number of carbonyl (C=O) groups excluding carboxylic acids is 2. The maximum Gasteiger partial charge on any atom is 0.306 e. The Balaban J connectivity index is 1.62. The summed E-state index contributed by atoms with van der Waals surface area (Å²) >= 11 is 14.7. The molecule has 4 aliphatic rings. The molecular formula is C26H36Cl2O3. The lowest BCUT2D eigenvalue weighted by Gasteiger charge is -2.63. The number of ketones is 1. The van der Waals surface area contributed by atoms with E-state index in [1.165, 1.54) is 0 Å². The van der Waals surface area contributed by atoms with Crippen molar-refractivity contribution in [1.82, 2.24) is 0 Å². The molecule has 0 aliphatic heterocycles. The van der Waals surface area contributed by atoms with Crippen LogP contribution in [0.4, 0.5) is 0 Å². The molecule has 0 saturated heterocycles. The predicted molar refractivity (Wildman–Crippen MR) is 125 cm³/mol. The Morgan fingerprint density at radius 3 is 2.71 bits per heavy atom. The zero-order valence-electron chi connectivity index (χ0n) is 19.3. The van der Waals surface area contributed by atoms with E-state index < -0.39 is 10.3 Å². The Morgan fingerprint density at radius 1 is 1.26 bits per heavy atom. The third-order valence-corrected chi connectivity index (χ3v) is 10.6. The van der Waals surface area contributed by atoms with E-state index in [0.717, 1.165) is 50.5 Å². The van der Waals surface area contributed by atoms with E-state index in [2.05, 4.69) is 27.7 Å². The van der Waals surface area contributed by atoms with Gasteiger partial charge in [-0.25, -0.2) is 0 Å². The van der Waals surface area contributed by atoms with Gasteiger partial charge in [-0.05, 0) is 62.0 Å². The highest BCUT2D eigenvalue weighted by Gasteiger charge is 2.70. The number of unbranched alkanes of at least 4 members (excludes halogenated alkanes) is 2. The molecule has 0 heterocycles. The molecular weight excluding hydrogens is 431 g/mol. The molecule has 0 spiro atoms. The Kier molecular flexibility index (Phi) is 6.18. The maximum absolute atomic E-state index is 12.6. The van der Waals surface area contributed by atoms with Gasteiger partial charge in [0.1, 0.15) is 6.10 Å². The summed E-state index contributed by atoms with van der Waals surface area (Å²) in [6, 6.07) is 0. The number of halogens is 2. The minimum atomic E-state index is -0.639. The zero-order valence-corrected chi connectivity index (χ0v) is 20.8. The molecule has 0 amide bonds. The second kappa shape index (κ2) is 8.20. The van der Waals surface area contributed by atoms with Crippen LogP contribution in [0.3, 0.4) is 0 Å². The van der Waals surface area contributed by atoms with E-state index in [4.69, 9.17) is 27.9 Å². The number of esters is 1. The van der Waals surface area contributed by atoms with Gasteiger partial charge in [-0.1, -0.05) is 52.2 Å². The number of carbonyl (C=O) groups is 2. The molecule has 0 aromatic carbocycles. The van der Waals surface area contributed by atoms with Gasteiger partial charge in [0.05, 0.1) is 10.3 Å². The van der Waals surface area contributed by atoms with Gasteiger partial charge in [0.2, 0.25) is 0 Å². The first kappa shape index (κ1) is 23.4. The first-order valence-corrected chi connectivity index (χ1v) is 12.9. The molecule has 0 N–H and O–H groups in total. The Morgan fingerprint density at radius 2 is 2.00 bits per heavy atom. The van der Waals surface area contributed by atoms with Crippen molar-refractivity contribution < 1.29 is 14.3 Å².